The Morgan fingerprint density at radius 3 is 2.87 bits per heavy atom. The Morgan fingerprint density at radius 1 is 1.35 bits per heavy atom. The summed E-state index contributed by atoms with van der Waals surface area (Å²) in [6, 6.07) is 3.89. The minimum Gasteiger partial charge on any atom is -0.461 e. The number of carbonyl (C=O) groups excluding carboxylic acids is 2. The highest BCUT2D eigenvalue weighted by Gasteiger charge is 2.58. The lowest BCUT2D eigenvalue weighted by atomic mass is 9.54. The van der Waals surface area contributed by atoms with Gasteiger partial charge < -0.3 is 4.74 Å². The Bertz CT molecular complexity index is 1090. The number of ether oxygens (including phenoxy) is 1. The predicted molar refractivity (Wildman–Crippen MR) is 117 cm³/mol. The molecular weight excluding hydrogens is 439 g/mol. The molecule has 1 saturated heterocycles. The van der Waals surface area contributed by atoms with Crippen molar-refractivity contribution in [2.75, 3.05) is 5.32 Å². The summed E-state index contributed by atoms with van der Waals surface area (Å²) in [5.41, 5.74) is 1.30. The van der Waals surface area contributed by atoms with Crippen LogP contribution in [0.4, 0.5) is 9.52 Å². The summed E-state index contributed by atoms with van der Waals surface area (Å²) >= 11 is 7.30. The number of carbonyl (C=O) groups is 2. The maximum Gasteiger partial charge on any atom is 0.309 e. The number of halogens is 2. The molecule has 1 aromatic carbocycles. The maximum atomic E-state index is 13.4. The van der Waals surface area contributed by atoms with E-state index in [1.807, 2.05) is 6.92 Å². The quantitative estimate of drug-likeness (QED) is 0.603. The number of nitrogens with zero attached hydrogens (tertiary/aromatic N) is 1. The van der Waals surface area contributed by atoms with Crippen molar-refractivity contribution in [1.82, 2.24) is 4.98 Å². The highest BCUT2D eigenvalue weighted by Crippen LogP contribution is 2.59. The van der Waals surface area contributed by atoms with Crippen LogP contribution in [0.3, 0.4) is 0 Å². The third kappa shape index (κ3) is 3.28. The molecule has 8 heteroatoms. The monoisotopic (exact) mass is 462 g/mol. The molecule has 5 nitrogen and oxygen atoms in total. The predicted octanol–water partition coefficient (Wildman–Crippen LogP) is 5.44. The normalized spacial score (nSPS) is 33.8. The topological polar surface area (TPSA) is 68.3 Å². The molecule has 1 aromatic heterocycles. The largest absolute Gasteiger partial charge is 0.461 e. The first-order valence-electron chi connectivity index (χ1n) is 10.6. The number of rotatable bonds is 2. The van der Waals surface area contributed by atoms with Crippen molar-refractivity contribution in [3.8, 4) is 0 Å². The zero-order chi connectivity index (χ0) is 22.1. The molecule has 2 aliphatic carbocycles. The van der Waals surface area contributed by atoms with Crippen molar-refractivity contribution < 1.29 is 18.7 Å². The van der Waals surface area contributed by atoms with Crippen LogP contribution in [0, 0.1) is 29.0 Å². The van der Waals surface area contributed by atoms with Crippen LogP contribution in [-0.2, 0) is 16.0 Å². The molecule has 3 aliphatic rings. The number of nitrogens with one attached hydrogen (secondary N) is 1. The number of aromatic nitrogens is 1. The van der Waals surface area contributed by atoms with E-state index in [4.69, 9.17) is 21.3 Å². The molecule has 1 saturated carbocycles. The van der Waals surface area contributed by atoms with Crippen molar-refractivity contribution in [3.05, 3.63) is 45.2 Å². The summed E-state index contributed by atoms with van der Waals surface area (Å²) in [5, 5.41) is 3.27. The molecule has 2 fully saturated rings. The van der Waals surface area contributed by atoms with Crippen molar-refractivity contribution in [1.29, 1.82) is 0 Å². The van der Waals surface area contributed by atoms with Gasteiger partial charge >= 0.3 is 5.97 Å². The molecule has 0 bridgehead atoms. The van der Waals surface area contributed by atoms with Crippen LogP contribution < -0.4 is 5.32 Å². The minimum atomic E-state index is -0.562. The molecule has 2 aromatic rings. The first kappa shape index (κ1) is 20.9. The Morgan fingerprint density at radius 2 is 2.13 bits per heavy atom. The highest BCUT2D eigenvalue weighted by molar-refractivity contribution is 7.15. The van der Waals surface area contributed by atoms with Crippen molar-refractivity contribution >= 4 is 39.9 Å². The summed E-state index contributed by atoms with van der Waals surface area (Å²) in [5.74, 6) is -0.445. The van der Waals surface area contributed by atoms with Crippen LogP contribution in [0.1, 0.15) is 60.5 Å². The smallest absolute Gasteiger partial charge is 0.309 e. The first-order valence-corrected chi connectivity index (χ1v) is 11.8. The van der Waals surface area contributed by atoms with Gasteiger partial charge in [0.1, 0.15) is 11.9 Å². The second-order valence-electron chi connectivity index (χ2n) is 9.45. The fraction of sp³-hybridized carbons (Fsp3) is 0.522. The average molecular weight is 463 g/mol. The van der Waals surface area contributed by atoms with Gasteiger partial charge in [-0.05, 0) is 42.9 Å². The van der Waals surface area contributed by atoms with E-state index in [1.165, 1.54) is 34.4 Å². The van der Waals surface area contributed by atoms with Gasteiger partial charge in [0.25, 0.3) is 5.91 Å². The first-order chi connectivity index (χ1) is 14.7. The van der Waals surface area contributed by atoms with Gasteiger partial charge in [-0.3, -0.25) is 14.9 Å². The van der Waals surface area contributed by atoms with Gasteiger partial charge in [-0.2, -0.15) is 0 Å². The van der Waals surface area contributed by atoms with Crippen LogP contribution in [0.5, 0.6) is 0 Å². The van der Waals surface area contributed by atoms with Crippen LogP contribution in [0.2, 0.25) is 5.02 Å². The number of benzene rings is 1. The number of anilines is 1. The second-order valence-corrected chi connectivity index (χ2v) is 10.9. The number of esters is 1. The number of hydrogen-bond donors (Lipinski definition) is 1. The summed E-state index contributed by atoms with van der Waals surface area (Å²) in [7, 11) is 0. The summed E-state index contributed by atoms with van der Waals surface area (Å²) in [4.78, 5) is 30.8. The van der Waals surface area contributed by atoms with E-state index in [9.17, 15) is 14.0 Å². The second kappa shape index (κ2) is 7.27. The van der Waals surface area contributed by atoms with E-state index in [-0.39, 0.29) is 57.7 Å². The molecular formula is C23H24ClFN2O3S. The SMILES string of the molecule is CC1C(=O)OC2C1CCC1(C)Cc3sc(NC(=O)c4ccc(F)c(Cl)c4)nc3C(C)C21. The number of fused-ring (bicyclic) bond motifs is 4. The van der Waals surface area contributed by atoms with E-state index in [2.05, 4.69) is 19.2 Å². The van der Waals surface area contributed by atoms with E-state index in [0.717, 1.165) is 25.0 Å². The molecule has 1 aliphatic heterocycles. The molecule has 1 N–H and O–H groups in total. The van der Waals surface area contributed by atoms with Crippen LogP contribution in [-0.4, -0.2) is 23.0 Å². The molecule has 0 radical (unpaired) electrons. The van der Waals surface area contributed by atoms with Gasteiger partial charge in [-0.1, -0.05) is 32.4 Å². The standard InChI is InChI=1S/C23H24ClFN2O3S/c1-10-13-6-7-23(3)9-16-18(11(2)17(23)19(13)30-21(10)29)26-22(31-16)27-20(28)12-4-5-15(25)14(24)8-12/h4-5,8,10-11,13,17,19H,6-7,9H2,1-3H3,(H,26,27,28). The van der Waals surface area contributed by atoms with Crippen molar-refractivity contribution in [2.24, 2.45) is 23.2 Å². The number of thiazole rings is 1. The molecule has 1 amide bonds. The number of hydrogen-bond acceptors (Lipinski definition) is 5. The van der Waals surface area contributed by atoms with Crippen LogP contribution in [0.25, 0.3) is 0 Å². The fourth-order valence-electron chi connectivity index (χ4n) is 5.94. The zero-order valence-electron chi connectivity index (χ0n) is 17.6. The zero-order valence-corrected chi connectivity index (χ0v) is 19.1. The Labute approximate surface area is 189 Å². The maximum absolute atomic E-state index is 13.4. The lowest BCUT2D eigenvalue weighted by Crippen LogP contribution is -2.50. The van der Waals surface area contributed by atoms with Gasteiger partial charge in [0, 0.05) is 28.2 Å². The molecule has 164 valence electrons. The van der Waals surface area contributed by atoms with E-state index >= 15 is 0 Å². The van der Waals surface area contributed by atoms with Crippen LogP contribution >= 0.6 is 22.9 Å². The fourth-order valence-corrected chi connectivity index (χ4v) is 7.38. The third-order valence-corrected chi connectivity index (χ3v) is 8.84. The van der Waals surface area contributed by atoms with E-state index in [1.54, 1.807) is 0 Å². The van der Waals surface area contributed by atoms with Crippen molar-refractivity contribution in [2.45, 2.75) is 52.1 Å². The molecule has 6 atom stereocenters. The van der Waals surface area contributed by atoms with Gasteiger partial charge in [0.15, 0.2) is 5.13 Å². The van der Waals surface area contributed by atoms with Gasteiger partial charge in [-0.25, -0.2) is 9.37 Å². The Balaban J connectivity index is 1.42. The van der Waals surface area contributed by atoms with Crippen molar-refractivity contribution in [3.63, 3.8) is 0 Å². The summed E-state index contributed by atoms with van der Waals surface area (Å²) in [6.07, 6.45) is 2.85. The third-order valence-electron chi connectivity index (χ3n) is 7.56. The molecule has 0 spiro atoms. The summed E-state index contributed by atoms with van der Waals surface area (Å²) in [6.45, 7) is 6.43. The number of amides is 1. The van der Waals surface area contributed by atoms with Gasteiger partial charge in [0.05, 0.1) is 16.6 Å². The Hall–Kier alpha value is -1.99. The molecule has 5 rings (SSSR count). The molecule has 2 heterocycles. The van der Waals surface area contributed by atoms with E-state index in [0.29, 0.717) is 5.13 Å². The molecule has 31 heavy (non-hydrogen) atoms. The highest BCUT2D eigenvalue weighted by atomic mass is 35.5. The molecule has 6 unspecified atom stereocenters. The average Bonchev–Trinajstić information content (AvgIpc) is 3.23. The lowest BCUT2D eigenvalue weighted by molar-refractivity contribution is -0.149. The van der Waals surface area contributed by atoms with Gasteiger partial charge in [-0.15, -0.1) is 11.3 Å². The lowest BCUT2D eigenvalue weighted by Gasteiger charge is -2.51. The Kier molecular flexibility index (Phi) is 4.90. The minimum absolute atomic E-state index is 0.0379. The van der Waals surface area contributed by atoms with Crippen LogP contribution in [0.15, 0.2) is 18.2 Å². The van der Waals surface area contributed by atoms with Gasteiger partial charge in [0.2, 0.25) is 0 Å². The van der Waals surface area contributed by atoms with E-state index < -0.39 is 5.82 Å². The summed E-state index contributed by atoms with van der Waals surface area (Å²) < 4.78 is 19.3.